The van der Waals surface area contributed by atoms with Crippen LogP contribution in [0.1, 0.15) is 32.1 Å². The summed E-state index contributed by atoms with van der Waals surface area (Å²) in [5, 5.41) is 2.66. The number of carbonyl (C=O) groups is 3. The molecule has 6 heteroatoms. The summed E-state index contributed by atoms with van der Waals surface area (Å²) in [6, 6.07) is -0.952. The normalized spacial score (nSPS) is 26.1. The van der Waals surface area contributed by atoms with E-state index in [4.69, 9.17) is 5.73 Å². The van der Waals surface area contributed by atoms with Gasteiger partial charge in [-0.3, -0.25) is 14.5 Å². The number of imide groups is 1. The Labute approximate surface area is 99.5 Å². The molecule has 2 rings (SSSR count). The van der Waals surface area contributed by atoms with Gasteiger partial charge in [-0.15, -0.1) is 0 Å². The zero-order valence-corrected chi connectivity index (χ0v) is 9.65. The van der Waals surface area contributed by atoms with Gasteiger partial charge < -0.3 is 11.1 Å². The fourth-order valence-corrected chi connectivity index (χ4v) is 2.63. The molecule has 0 aromatic rings. The minimum absolute atomic E-state index is 0.207. The topological polar surface area (TPSA) is 92.5 Å². The zero-order valence-electron chi connectivity index (χ0n) is 9.65. The molecule has 4 amide bonds. The standard InChI is InChI=1S/C11H17N3O3/c12-8(15)6-14-10(16)9(13-11(14)17)7-4-2-1-3-5-7/h7,9H,1-6H2,(H2,12,15)(H,13,17)/t9-/m0/s1. The third kappa shape index (κ3) is 2.40. The molecule has 0 aromatic carbocycles. The van der Waals surface area contributed by atoms with E-state index in [0.717, 1.165) is 30.6 Å². The van der Waals surface area contributed by atoms with E-state index in [1.165, 1.54) is 6.42 Å². The van der Waals surface area contributed by atoms with E-state index in [2.05, 4.69) is 5.32 Å². The number of carbonyl (C=O) groups excluding carboxylic acids is 3. The molecule has 1 aliphatic heterocycles. The van der Waals surface area contributed by atoms with Crippen molar-refractivity contribution >= 4 is 17.8 Å². The lowest BCUT2D eigenvalue weighted by Crippen LogP contribution is -2.40. The molecule has 1 heterocycles. The highest BCUT2D eigenvalue weighted by Crippen LogP contribution is 2.29. The average molecular weight is 239 g/mol. The molecule has 6 nitrogen and oxygen atoms in total. The number of amides is 4. The molecule has 0 aromatic heterocycles. The van der Waals surface area contributed by atoms with Gasteiger partial charge in [-0.05, 0) is 18.8 Å². The summed E-state index contributed by atoms with van der Waals surface area (Å²) in [6.45, 7) is -0.326. The number of nitrogens with zero attached hydrogens (tertiary/aromatic N) is 1. The van der Waals surface area contributed by atoms with Crippen LogP contribution in [0.5, 0.6) is 0 Å². The minimum atomic E-state index is -0.669. The van der Waals surface area contributed by atoms with Crippen LogP contribution in [0.2, 0.25) is 0 Å². The second-order valence-electron chi connectivity index (χ2n) is 4.72. The minimum Gasteiger partial charge on any atom is -0.368 e. The Morgan fingerprint density at radius 3 is 2.53 bits per heavy atom. The number of hydrogen-bond acceptors (Lipinski definition) is 3. The SMILES string of the molecule is NC(=O)CN1C(=O)N[C@@H](C2CCCCC2)C1=O. The fraction of sp³-hybridized carbons (Fsp3) is 0.727. The first kappa shape index (κ1) is 11.9. The molecule has 17 heavy (non-hydrogen) atoms. The highest BCUT2D eigenvalue weighted by Gasteiger charge is 2.42. The molecule has 2 fully saturated rings. The number of primary amides is 1. The molecule has 0 spiro atoms. The van der Waals surface area contributed by atoms with Gasteiger partial charge in [-0.25, -0.2) is 4.79 Å². The van der Waals surface area contributed by atoms with Crippen molar-refractivity contribution in [1.29, 1.82) is 0 Å². The molecule has 1 saturated carbocycles. The van der Waals surface area contributed by atoms with Crippen molar-refractivity contribution in [2.45, 2.75) is 38.1 Å². The fourth-order valence-electron chi connectivity index (χ4n) is 2.63. The molecular formula is C11H17N3O3. The number of nitrogens with two attached hydrogens (primary N) is 1. The molecule has 0 unspecified atom stereocenters. The summed E-state index contributed by atoms with van der Waals surface area (Å²) < 4.78 is 0. The summed E-state index contributed by atoms with van der Waals surface area (Å²) in [4.78, 5) is 35.2. The lowest BCUT2D eigenvalue weighted by molar-refractivity contribution is -0.132. The number of hydrogen-bond donors (Lipinski definition) is 2. The molecule has 2 aliphatic rings. The largest absolute Gasteiger partial charge is 0.368 e. The van der Waals surface area contributed by atoms with Crippen LogP contribution in [0, 0.1) is 5.92 Å². The first-order chi connectivity index (χ1) is 8.09. The van der Waals surface area contributed by atoms with E-state index in [1.54, 1.807) is 0 Å². The van der Waals surface area contributed by atoms with Gasteiger partial charge in [0.1, 0.15) is 12.6 Å². The summed E-state index contributed by atoms with van der Waals surface area (Å²) in [6.07, 6.45) is 5.30. The van der Waals surface area contributed by atoms with E-state index >= 15 is 0 Å². The molecule has 0 radical (unpaired) electrons. The van der Waals surface area contributed by atoms with E-state index in [-0.39, 0.29) is 18.4 Å². The van der Waals surface area contributed by atoms with E-state index in [9.17, 15) is 14.4 Å². The van der Waals surface area contributed by atoms with Crippen LogP contribution in [0.25, 0.3) is 0 Å². The molecular weight excluding hydrogens is 222 g/mol. The molecule has 1 saturated heterocycles. The zero-order chi connectivity index (χ0) is 12.4. The average Bonchev–Trinajstić information content (AvgIpc) is 2.58. The van der Waals surface area contributed by atoms with E-state index in [1.807, 2.05) is 0 Å². The van der Waals surface area contributed by atoms with Gasteiger partial charge in [0, 0.05) is 0 Å². The van der Waals surface area contributed by atoms with Crippen molar-refractivity contribution < 1.29 is 14.4 Å². The molecule has 94 valence electrons. The first-order valence-electron chi connectivity index (χ1n) is 6.00. The van der Waals surface area contributed by atoms with Crippen molar-refractivity contribution in [3.63, 3.8) is 0 Å². The van der Waals surface area contributed by atoms with Gasteiger partial charge in [-0.1, -0.05) is 19.3 Å². The monoisotopic (exact) mass is 239 g/mol. The van der Waals surface area contributed by atoms with E-state index in [0.29, 0.717) is 0 Å². The molecule has 0 bridgehead atoms. The van der Waals surface area contributed by atoms with Crippen molar-refractivity contribution in [3.8, 4) is 0 Å². The highest BCUT2D eigenvalue weighted by molar-refractivity contribution is 6.06. The lowest BCUT2D eigenvalue weighted by atomic mass is 9.84. The van der Waals surface area contributed by atoms with Gasteiger partial charge in [-0.2, -0.15) is 0 Å². The maximum atomic E-state index is 12.0. The maximum absolute atomic E-state index is 12.0. The van der Waals surface area contributed by atoms with Crippen LogP contribution in [0.3, 0.4) is 0 Å². The van der Waals surface area contributed by atoms with Crippen LogP contribution in [0.15, 0.2) is 0 Å². The summed E-state index contributed by atoms with van der Waals surface area (Å²) in [5.41, 5.74) is 5.01. The lowest BCUT2D eigenvalue weighted by Gasteiger charge is -2.25. The van der Waals surface area contributed by atoms with Crippen molar-refractivity contribution in [1.82, 2.24) is 10.2 Å². The van der Waals surface area contributed by atoms with Crippen LogP contribution < -0.4 is 11.1 Å². The van der Waals surface area contributed by atoms with Crippen LogP contribution in [0.4, 0.5) is 4.79 Å². The number of urea groups is 1. The Kier molecular flexibility index (Phi) is 3.31. The Hall–Kier alpha value is -1.59. The summed E-state index contributed by atoms with van der Waals surface area (Å²) in [5.74, 6) is -0.767. The van der Waals surface area contributed by atoms with Crippen LogP contribution in [-0.4, -0.2) is 35.3 Å². The quantitative estimate of drug-likeness (QED) is 0.677. The van der Waals surface area contributed by atoms with Gasteiger partial charge in [0.25, 0.3) is 5.91 Å². The third-order valence-corrected chi connectivity index (χ3v) is 3.49. The maximum Gasteiger partial charge on any atom is 0.325 e. The highest BCUT2D eigenvalue weighted by atomic mass is 16.2. The first-order valence-corrected chi connectivity index (χ1v) is 6.00. The van der Waals surface area contributed by atoms with Crippen LogP contribution in [-0.2, 0) is 9.59 Å². The molecule has 1 aliphatic carbocycles. The Bertz CT molecular complexity index is 350. The summed E-state index contributed by atoms with van der Waals surface area (Å²) >= 11 is 0. The van der Waals surface area contributed by atoms with Gasteiger partial charge in [0.05, 0.1) is 0 Å². The Morgan fingerprint density at radius 1 is 1.29 bits per heavy atom. The van der Waals surface area contributed by atoms with Gasteiger partial charge in [0.2, 0.25) is 5.91 Å². The van der Waals surface area contributed by atoms with Gasteiger partial charge >= 0.3 is 6.03 Å². The van der Waals surface area contributed by atoms with Crippen molar-refractivity contribution in [3.05, 3.63) is 0 Å². The number of rotatable bonds is 3. The Morgan fingerprint density at radius 2 is 1.94 bits per heavy atom. The number of nitrogens with one attached hydrogen (secondary N) is 1. The van der Waals surface area contributed by atoms with Crippen molar-refractivity contribution in [2.24, 2.45) is 11.7 Å². The molecule has 3 N–H and O–H groups in total. The predicted octanol–water partition coefficient (Wildman–Crippen LogP) is -0.0276. The second-order valence-corrected chi connectivity index (χ2v) is 4.72. The smallest absolute Gasteiger partial charge is 0.325 e. The summed E-state index contributed by atoms with van der Waals surface area (Å²) in [7, 11) is 0. The van der Waals surface area contributed by atoms with Gasteiger partial charge in [0.15, 0.2) is 0 Å². The predicted molar refractivity (Wildman–Crippen MR) is 59.8 cm³/mol. The molecule has 1 atom stereocenters. The van der Waals surface area contributed by atoms with Crippen molar-refractivity contribution in [2.75, 3.05) is 6.54 Å². The third-order valence-electron chi connectivity index (χ3n) is 3.49. The second kappa shape index (κ2) is 4.73. The van der Waals surface area contributed by atoms with E-state index < -0.39 is 18.0 Å². The van der Waals surface area contributed by atoms with Crippen LogP contribution >= 0.6 is 0 Å². The Balaban J connectivity index is 2.03.